The highest BCUT2D eigenvalue weighted by molar-refractivity contribution is 6.04. The van der Waals surface area contributed by atoms with Crippen LogP contribution in [-0.4, -0.2) is 41.0 Å². The molecule has 0 bridgehead atoms. The van der Waals surface area contributed by atoms with Gasteiger partial charge in [-0.1, -0.05) is 29.8 Å². The molecule has 2 atom stereocenters. The monoisotopic (exact) mass is 422 g/mol. The molecule has 160 valence electrons. The minimum Gasteiger partial charge on any atom is -0.481 e. The third-order valence-electron chi connectivity index (χ3n) is 6.27. The number of carboxylic acid groups (broad SMARTS) is 2. The number of hydrogen-bond donors (Lipinski definition) is 4. The minimum atomic E-state index is -1.40. The molecule has 2 amide bonds. The van der Waals surface area contributed by atoms with Gasteiger partial charge in [-0.05, 0) is 47.7 Å². The summed E-state index contributed by atoms with van der Waals surface area (Å²) in [6.07, 6.45) is 0.716. The van der Waals surface area contributed by atoms with Crippen molar-refractivity contribution in [3.8, 4) is 11.1 Å². The summed E-state index contributed by atoms with van der Waals surface area (Å²) in [4.78, 5) is 48.3. The van der Waals surface area contributed by atoms with Crippen molar-refractivity contribution in [2.75, 3.05) is 12.4 Å². The van der Waals surface area contributed by atoms with Crippen LogP contribution in [0.4, 0.5) is 5.69 Å². The highest BCUT2D eigenvalue weighted by Gasteiger charge is 2.63. The standard InChI is InChI=1S/C23H22N2O6/c1-10-3-5-14-11(7-10)8-12-9-13(4-6-15(12)14)25-21(27)17-18(22(28)29)16(20(26)24-2)19(17)23(30)31/h3-7,9,16-19H,8H2,1-2H3,(H,24,26)(H,25,27)(H,28,29)(H,30,31). The number of amides is 2. The number of nitrogens with one attached hydrogen (secondary N) is 2. The SMILES string of the molecule is CNC(=O)C1C(C(=O)O)C(C(=O)Nc2ccc3c(c2)Cc2cc(C)ccc2-3)C1C(=O)O. The molecule has 2 aromatic rings. The first-order chi connectivity index (χ1) is 14.7. The molecule has 2 aliphatic rings. The highest BCUT2D eigenvalue weighted by Crippen LogP contribution is 2.47. The summed E-state index contributed by atoms with van der Waals surface area (Å²) in [5, 5.41) is 24.0. The van der Waals surface area contributed by atoms with Crippen LogP contribution in [0.5, 0.6) is 0 Å². The van der Waals surface area contributed by atoms with Crippen LogP contribution in [-0.2, 0) is 25.6 Å². The van der Waals surface area contributed by atoms with Gasteiger partial charge in [0.25, 0.3) is 0 Å². The average molecular weight is 422 g/mol. The first kappa shape index (κ1) is 20.6. The highest BCUT2D eigenvalue weighted by atomic mass is 16.4. The van der Waals surface area contributed by atoms with Gasteiger partial charge in [-0.2, -0.15) is 0 Å². The first-order valence-electron chi connectivity index (χ1n) is 9.93. The number of anilines is 1. The van der Waals surface area contributed by atoms with Crippen LogP contribution in [0.15, 0.2) is 36.4 Å². The normalized spacial score (nSPS) is 23.2. The Morgan fingerprint density at radius 3 is 1.94 bits per heavy atom. The number of fused-ring (bicyclic) bond motifs is 3. The van der Waals surface area contributed by atoms with E-state index >= 15 is 0 Å². The van der Waals surface area contributed by atoms with E-state index in [1.165, 1.54) is 12.6 Å². The summed E-state index contributed by atoms with van der Waals surface area (Å²) in [7, 11) is 1.30. The predicted molar refractivity (Wildman–Crippen MR) is 111 cm³/mol. The molecule has 0 aromatic heterocycles. The van der Waals surface area contributed by atoms with Gasteiger partial charge in [0.1, 0.15) is 0 Å². The molecule has 8 nitrogen and oxygen atoms in total. The molecule has 0 aliphatic heterocycles. The fraction of sp³-hybridized carbons (Fsp3) is 0.304. The van der Waals surface area contributed by atoms with Gasteiger partial charge in [0.15, 0.2) is 0 Å². The van der Waals surface area contributed by atoms with Gasteiger partial charge in [-0.15, -0.1) is 0 Å². The van der Waals surface area contributed by atoms with Gasteiger partial charge in [0.05, 0.1) is 23.7 Å². The quantitative estimate of drug-likeness (QED) is 0.496. The average Bonchev–Trinajstić information content (AvgIpc) is 3.02. The summed E-state index contributed by atoms with van der Waals surface area (Å²) >= 11 is 0. The zero-order valence-corrected chi connectivity index (χ0v) is 17.0. The molecule has 4 N–H and O–H groups in total. The lowest BCUT2D eigenvalue weighted by atomic mass is 9.55. The Morgan fingerprint density at radius 1 is 0.806 bits per heavy atom. The van der Waals surface area contributed by atoms with Crippen molar-refractivity contribution < 1.29 is 29.4 Å². The number of carbonyl (C=O) groups is 4. The summed E-state index contributed by atoms with van der Waals surface area (Å²) < 4.78 is 0. The van der Waals surface area contributed by atoms with Crippen LogP contribution in [0.3, 0.4) is 0 Å². The van der Waals surface area contributed by atoms with E-state index in [0.29, 0.717) is 12.1 Å². The van der Waals surface area contributed by atoms with Gasteiger partial charge >= 0.3 is 11.9 Å². The largest absolute Gasteiger partial charge is 0.481 e. The molecule has 2 unspecified atom stereocenters. The van der Waals surface area contributed by atoms with Crippen LogP contribution in [0.1, 0.15) is 16.7 Å². The molecule has 31 heavy (non-hydrogen) atoms. The second-order valence-corrected chi connectivity index (χ2v) is 8.09. The van der Waals surface area contributed by atoms with Crippen LogP contribution in [0, 0.1) is 30.6 Å². The zero-order valence-electron chi connectivity index (χ0n) is 17.0. The Hall–Kier alpha value is -3.68. The number of rotatable bonds is 5. The first-order valence-corrected chi connectivity index (χ1v) is 9.93. The van der Waals surface area contributed by atoms with Crippen LogP contribution in [0.2, 0.25) is 0 Å². The molecule has 0 saturated heterocycles. The Morgan fingerprint density at radius 2 is 1.35 bits per heavy atom. The molecule has 4 rings (SSSR count). The molecule has 0 heterocycles. The number of aliphatic carboxylic acids is 2. The Balaban J connectivity index is 1.57. The maximum absolute atomic E-state index is 12.9. The van der Waals surface area contributed by atoms with E-state index < -0.39 is 47.4 Å². The second-order valence-electron chi connectivity index (χ2n) is 8.09. The van der Waals surface area contributed by atoms with Crippen LogP contribution in [0.25, 0.3) is 11.1 Å². The molecular formula is C23H22N2O6. The molecule has 2 aliphatic carbocycles. The molecular weight excluding hydrogens is 400 g/mol. The summed E-state index contributed by atoms with van der Waals surface area (Å²) in [6.45, 7) is 2.03. The van der Waals surface area contributed by atoms with Crippen molar-refractivity contribution in [3.05, 3.63) is 53.1 Å². The van der Waals surface area contributed by atoms with E-state index in [0.717, 1.165) is 22.3 Å². The van der Waals surface area contributed by atoms with Crippen LogP contribution >= 0.6 is 0 Å². The predicted octanol–water partition coefficient (Wildman–Crippen LogP) is 1.90. The van der Waals surface area contributed by atoms with Crippen molar-refractivity contribution >= 4 is 29.4 Å². The molecule has 0 spiro atoms. The van der Waals surface area contributed by atoms with E-state index in [-0.39, 0.29) is 0 Å². The maximum Gasteiger partial charge on any atom is 0.308 e. The van der Waals surface area contributed by atoms with Crippen molar-refractivity contribution in [3.63, 3.8) is 0 Å². The van der Waals surface area contributed by atoms with Gasteiger partial charge < -0.3 is 20.8 Å². The molecule has 2 aromatic carbocycles. The van der Waals surface area contributed by atoms with E-state index in [1.54, 1.807) is 6.07 Å². The number of carbonyl (C=O) groups excluding carboxylic acids is 2. The lowest BCUT2D eigenvalue weighted by molar-refractivity contribution is -0.179. The summed E-state index contributed by atoms with van der Waals surface area (Å²) in [5.41, 5.74) is 6.06. The topological polar surface area (TPSA) is 133 Å². The van der Waals surface area contributed by atoms with E-state index in [1.807, 2.05) is 25.1 Å². The van der Waals surface area contributed by atoms with Crippen LogP contribution < -0.4 is 10.6 Å². The lowest BCUT2D eigenvalue weighted by Gasteiger charge is -2.45. The third kappa shape index (κ3) is 3.34. The lowest BCUT2D eigenvalue weighted by Crippen LogP contribution is -2.62. The van der Waals surface area contributed by atoms with Gasteiger partial charge in [-0.25, -0.2) is 0 Å². The van der Waals surface area contributed by atoms with Crippen molar-refractivity contribution in [2.24, 2.45) is 23.7 Å². The third-order valence-corrected chi connectivity index (χ3v) is 6.27. The number of benzene rings is 2. The number of hydrogen-bond acceptors (Lipinski definition) is 4. The fourth-order valence-corrected chi connectivity index (χ4v) is 4.82. The summed E-state index contributed by atoms with van der Waals surface area (Å²) in [6, 6.07) is 11.7. The molecule has 1 saturated carbocycles. The Kier molecular flexibility index (Phi) is 5.00. The number of aryl methyl sites for hydroxylation is 1. The van der Waals surface area contributed by atoms with Crippen molar-refractivity contribution in [1.29, 1.82) is 0 Å². The van der Waals surface area contributed by atoms with Gasteiger partial charge in [-0.3, -0.25) is 19.2 Å². The van der Waals surface area contributed by atoms with E-state index in [2.05, 4.69) is 22.8 Å². The summed E-state index contributed by atoms with van der Waals surface area (Å²) in [5.74, 6) is -9.60. The Bertz CT molecular complexity index is 1100. The zero-order chi connectivity index (χ0) is 22.4. The van der Waals surface area contributed by atoms with E-state index in [4.69, 9.17) is 0 Å². The Labute approximate surface area is 178 Å². The molecule has 8 heteroatoms. The smallest absolute Gasteiger partial charge is 0.308 e. The fourth-order valence-electron chi connectivity index (χ4n) is 4.82. The molecule has 1 fully saturated rings. The van der Waals surface area contributed by atoms with Crippen molar-refractivity contribution in [1.82, 2.24) is 5.32 Å². The maximum atomic E-state index is 12.9. The van der Waals surface area contributed by atoms with Crippen molar-refractivity contribution in [2.45, 2.75) is 13.3 Å². The van der Waals surface area contributed by atoms with E-state index in [9.17, 15) is 29.4 Å². The molecule has 0 radical (unpaired) electrons. The minimum absolute atomic E-state index is 0.463. The number of carboxylic acids is 2. The van der Waals surface area contributed by atoms with Gasteiger partial charge in [0, 0.05) is 12.7 Å². The van der Waals surface area contributed by atoms with Gasteiger partial charge in [0.2, 0.25) is 11.8 Å². The second kappa shape index (κ2) is 7.54.